The summed E-state index contributed by atoms with van der Waals surface area (Å²) in [7, 11) is 0. The Hall–Kier alpha value is -4.00. The normalized spacial score (nSPS) is 12.4. The summed E-state index contributed by atoms with van der Waals surface area (Å²) in [6.45, 7) is 7.69. The molecular formula is C27H28N4O3. The Morgan fingerprint density at radius 3 is 2.32 bits per heavy atom. The number of ether oxygens (including phenoxy) is 1. The summed E-state index contributed by atoms with van der Waals surface area (Å²) in [5.41, 5.74) is 3.02. The first kappa shape index (κ1) is 23.2. The molecule has 0 radical (unpaired) electrons. The number of nitrogens with zero attached hydrogens (tertiary/aromatic N) is 3. The van der Waals surface area contributed by atoms with E-state index in [1.807, 2.05) is 81.4 Å². The average molecular weight is 457 g/mol. The molecule has 0 spiro atoms. The SMILES string of the molecule is C[C@H](OC(=O)c1cc(-c2ccccc2)nc2c1cnn2Cc1ccccc1)C(=O)NC(C)(C)C. The van der Waals surface area contributed by atoms with E-state index >= 15 is 0 Å². The highest BCUT2D eigenvalue weighted by molar-refractivity contribution is 6.04. The number of hydrogen-bond acceptors (Lipinski definition) is 5. The number of carbonyl (C=O) groups is 2. The van der Waals surface area contributed by atoms with Crippen molar-refractivity contribution >= 4 is 22.9 Å². The second-order valence-corrected chi connectivity index (χ2v) is 9.23. The minimum atomic E-state index is -0.950. The third kappa shape index (κ3) is 5.31. The topological polar surface area (TPSA) is 86.1 Å². The fourth-order valence-electron chi connectivity index (χ4n) is 3.59. The highest BCUT2D eigenvalue weighted by Gasteiger charge is 2.25. The van der Waals surface area contributed by atoms with Crippen molar-refractivity contribution in [1.29, 1.82) is 0 Å². The number of nitrogens with one attached hydrogen (secondary N) is 1. The van der Waals surface area contributed by atoms with Gasteiger partial charge in [0.1, 0.15) is 0 Å². The van der Waals surface area contributed by atoms with Crippen LogP contribution < -0.4 is 5.32 Å². The first-order valence-electron chi connectivity index (χ1n) is 11.2. The molecule has 4 rings (SSSR count). The number of fused-ring (bicyclic) bond motifs is 1. The van der Waals surface area contributed by atoms with Crippen LogP contribution in [0.4, 0.5) is 0 Å². The van der Waals surface area contributed by atoms with Crippen LogP contribution in [0.5, 0.6) is 0 Å². The molecule has 1 amide bonds. The molecule has 2 heterocycles. The minimum absolute atomic E-state index is 0.318. The number of hydrogen-bond donors (Lipinski definition) is 1. The van der Waals surface area contributed by atoms with Gasteiger partial charge >= 0.3 is 5.97 Å². The number of amides is 1. The first-order valence-corrected chi connectivity index (χ1v) is 11.2. The quantitative estimate of drug-likeness (QED) is 0.428. The molecule has 0 aliphatic heterocycles. The number of carbonyl (C=O) groups excluding carboxylic acids is 2. The van der Waals surface area contributed by atoms with Gasteiger partial charge in [0.2, 0.25) is 0 Å². The molecule has 2 aromatic heterocycles. The monoisotopic (exact) mass is 456 g/mol. The number of rotatable bonds is 6. The molecule has 0 saturated carbocycles. The second kappa shape index (κ2) is 9.47. The fourth-order valence-corrected chi connectivity index (χ4v) is 3.59. The lowest BCUT2D eigenvalue weighted by Gasteiger charge is -2.23. The molecule has 2 aromatic carbocycles. The van der Waals surface area contributed by atoms with Crippen LogP contribution in [0.2, 0.25) is 0 Å². The predicted octanol–water partition coefficient (Wildman–Crippen LogP) is 4.61. The lowest BCUT2D eigenvalue weighted by Crippen LogP contribution is -2.46. The number of pyridine rings is 1. The van der Waals surface area contributed by atoms with Crippen LogP contribution in [0.1, 0.15) is 43.6 Å². The zero-order valence-electron chi connectivity index (χ0n) is 19.8. The third-order valence-electron chi connectivity index (χ3n) is 5.23. The minimum Gasteiger partial charge on any atom is -0.449 e. The van der Waals surface area contributed by atoms with Gasteiger partial charge < -0.3 is 10.1 Å². The van der Waals surface area contributed by atoms with Crippen molar-refractivity contribution in [1.82, 2.24) is 20.1 Å². The van der Waals surface area contributed by atoms with Crippen molar-refractivity contribution in [3.8, 4) is 11.3 Å². The molecule has 0 bridgehead atoms. The standard InChI is InChI=1S/C27H28N4O3/c1-18(25(32)30-27(2,3)4)34-26(33)21-15-23(20-13-9-6-10-14-20)29-24-22(21)16-28-31(24)17-19-11-7-5-8-12-19/h5-16,18H,17H2,1-4H3,(H,30,32)/t18-/m0/s1. The van der Waals surface area contributed by atoms with E-state index in [-0.39, 0.29) is 5.91 Å². The van der Waals surface area contributed by atoms with Gasteiger partial charge in [0.25, 0.3) is 5.91 Å². The molecular weight excluding hydrogens is 428 g/mol. The number of aromatic nitrogens is 3. The molecule has 7 nitrogen and oxygen atoms in total. The van der Waals surface area contributed by atoms with Crippen LogP contribution in [-0.2, 0) is 16.1 Å². The van der Waals surface area contributed by atoms with Crippen LogP contribution in [-0.4, -0.2) is 38.3 Å². The van der Waals surface area contributed by atoms with E-state index in [4.69, 9.17) is 9.72 Å². The van der Waals surface area contributed by atoms with Crippen molar-refractivity contribution in [3.63, 3.8) is 0 Å². The Morgan fingerprint density at radius 1 is 1.03 bits per heavy atom. The molecule has 34 heavy (non-hydrogen) atoms. The van der Waals surface area contributed by atoms with Crippen molar-refractivity contribution in [2.45, 2.75) is 45.9 Å². The predicted molar refractivity (Wildman–Crippen MR) is 131 cm³/mol. The smallest absolute Gasteiger partial charge is 0.339 e. The third-order valence-corrected chi connectivity index (χ3v) is 5.23. The van der Waals surface area contributed by atoms with Crippen LogP contribution in [0.3, 0.4) is 0 Å². The van der Waals surface area contributed by atoms with Crippen LogP contribution in [0, 0.1) is 0 Å². The van der Waals surface area contributed by atoms with Gasteiger partial charge in [-0.25, -0.2) is 14.5 Å². The van der Waals surface area contributed by atoms with E-state index < -0.39 is 17.6 Å². The van der Waals surface area contributed by atoms with Crippen molar-refractivity contribution in [2.24, 2.45) is 0 Å². The molecule has 7 heteroatoms. The largest absolute Gasteiger partial charge is 0.449 e. The summed E-state index contributed by atoms with van der Waals surface area (Å²) in [6.07, 6.45) is 0.672. The zero-order valence-corrected chi connectivity index (χ0v) is 19.8. The maximum Gasteiger partial charge on any atom is 0.339 e. The van der Waals surface area contributed by atoms with E-state index in [1.165, 1.54) is 0 Å². The lowest BCUT2D eigenvalue weighted by atomic mass is 10.1. The van der Waals surface area contributed by atoms with Gasteiger partial charge in [-0.2, -0.15) is 5.10 Å². The van der Waals surface area contributed by atoms with Gasteiger partial charge in [-0.3, -0.25) is 4.79 Å². The molecule has 0 aliphatic carbocycles. The fraction of sp³-hybridized carbons (Fsp3) is 0.259. The molecule has 1 atom stereocenters. The van der Waals surface area contributed by atoms with Crippen LogP contribution in [0.25, 0.3) is 22.3 Å². The summed E-state index contributed by atoms with van der Waals surface area (Å²) in [6, 6.07) is 21.2. The van der Waals surface area contributed by atoms with Gasteiger partial charge in [-0.1, -0.05) is 60.7 Å². The van der Waals surface area contributed by atoms with E-state index in [9.17, 15) is 9.59 Å². The van der Waals surface area contributed by atoms with Gasteiger partial charge in [-0.05, 0) is 39.3 Å². The lowest BCUT2D eigenvalue weighted by molar-refractivity contribution is -0.130. The highest BCUT2D eigenvalue weighted by Crippen LogP contribution is 2.26. The van der Waals surface area contributed by atoms with Crippen LogP contribution >= 0.6 is 0 Å². The summed E-state index contributed by atoms with van der Waals surface area (Å²) in [5.74, 6) is -0.949. The first-order chi connectivity index (χ1) is 16.2. The van der Waals surface area contributed by atoms with Crippen LogP contribution in [0.15, 0.2) is 72.9 Å². The zero-order chi connectivity index (χ0) is 24.3. The second-order valence-electron chi connectivity index (χ2n) is 9.23. The Morgan fingerprint density at radius 2 is 1.68 bits per heavy atom. The van der Waals surface area contributed by atoms with E-state index in [0.717, 1.165) is 11.1 Å². The van der Waals surface area contributed by atoms with Crippen molar-refractivity contribution < 1.29 is 14.3 Å². The van der Waals surface area contributed by atoms with E-state index in [0.29, 0.717) is 28.8 Å². The van der Waals surface area contributed by atoms with Crippen molar-refractivity contribution in [2.75, 3.05) is 0 Å². The Labute approximate surface area is 198 Å². The maximum atomic E-state index is 13.2. The Kier molecular flexibility index (Phi) is 6.45. The van der Waals surface area contributed by atoms with E-state index in [1.54, 1.807) is 23.9 Å². The number of esters is 1. The van der Waals surface area contributed by atoms with Gasteiger partial charge in [0.15, 0.2) is 11.8 Å². The average Bonchev–Trinajstić information content (AvgIpc) is 3.21. The van der Waals surface area contributed by atoms with Gasteiger partial charge in [0, 0.05) is 11.1 Å². The number of benzene rings is 2. The van der Waals surface area contributed by atoms with E-state index in [2.05, 4.69) is 10.4 Å². The molecule has 1 N–H and O–H groups in total. The molecule has 0 aliphatic rings. The van der Waals surface area contributed by atoms with Crippen molar-refractivity contribution in [3.05, 3.63) is 84.1 Å². The summed E-state index contributed by atoms with van der Waals surface area (Å²) >= 11 is 0. The molecule has 0 unspecified atom stereocenters. The Balaban J connectivity index is 1.73. The molecule has 0 saturated heterocycles. The Bertz CT molecular complexity index is 1310. The summed E-state index contributed by atoms with van der Waals surface area (Å²) in [4.78, 5) is 30.5. The summed E-state index contributed by atoms with van der Waals surface area (Å²) < 4.78 is 7.32. The van der Waals surface area contributed by atoms with Gasteiger partial charge in [-0.15, -0.1) is 0 Å². The molecule has 174 valence electrons. The highest BCUT2D eigenvalue weighted by atomic mass is 16.5. The summed E-state index contributed by atoms with van der Waals surface area (Å²) in [5, 5.41) is 7.91. The maximum absolute atomic E-state index is 13.2. The molecule has 4 aromatic rings. The van der Waals surface area contributed by atoms with Gasteiger partial charge in [0.05, 0.1) is 29.4 Å². The molecule has 0 fully saturated rings.